The highest BCUT2D eigenvalue weighted by Gasteiger charge is 2.51. The molecule has 2 bridgehead atoms. The molecule has 2 atom stereocenters. The van der Waals surface area contributed by atoms with Gasteiger partial charge in [0.25, 0.3) is 0 Å². The number of urea groups is 1. The van der Waals surface area contributed by atoms with Gasteiger partial charge in [-0.2, -0.15) is 0 Å². The smallest absolute Gasteiger partial charge is 0.326 e. The molecule has 0 unspecified atom stereocenters. The first-order valence-corrected chi connectivity index (χ1v) is 11.1. The van der Waals surface area contributed by atoms with E-state index in [1.807, 2.05) is 60.4 Å². The number of fused-ring (bicyclic) bond motifs is 1. The molecule has 164 valence electrons. The zero-order chi connectivity index (χ0) is 22.0. The van der Waals surface area contributed by atoms with Crippen molar-refractivity contribution < 1.29 is 14.3 Å². The number of rotatable bonds is 7. The molecule has 1 fully saturated rings. The maximum absolute atomic E-state index is 13.4. The standard InChI is InChI=1S/C26H32N2O3/c1-5-31-23-14-10-21(11-15-23)28(17-18-6-7-19-16-24(18)26(19,2)3)25(29)27-20-8-12-22(30-4)13-9-20/h6,8-15,19,24H,5,7,16-17H2,1-4H3,(H,27,29)/t19-,24-/m0/s1. The van der Waals surface area contributed by atoms with Crippen LogP contribution in [-0.2, 0) is 0 Å². The minimum Gasteiger partial charge on any atom is -0.497 e. The molecule has 0 heterocycles. The maximum Gasteiger partial charge on any atom is 0.326 e. The third-order valence-electron chi connectivity index (χ3n) is 6.97. The first-order chi connectivity index (χ1) is 14.9. The van der Waals surface area contributed by atoms with Gasteiger partial charge in [-0.1, -0.05) is 25.5 Å². The monoisotopic (exact) mass is 420 g/mol. The Morgan fingerprint density at radius 1 is 1.10 bits per heavy atom. The summed E-state index contributed by atoms with van der Waals surface area (Å²) in [5.41, 5.74) is 3.28. The van der Waals surface area contributed by atoms with Crippen LogP contribution in [0.2, 0.25) is 0 Å². The maximum atomic E-state index is 13.4. The molecule has 1 N–H and O–H groups in total. The molecule has 5 heteroatoms. The Morgan fingerprint density at radius 2 is 1.77 bits per heavy atom. The van der Waals surface area contributed by atoms with Crippen molar-refractivity contribution in [3.63, 3.8) is 0 Å². The van der Waals surface area contributed by atoms with Crippen LogP contribution in [0, 0.1) is 17.3 Å². The van der Waals surface area contributed by atoms with Crippen LogP contribution in [0.15, 0.2) is 60.2 Å². The van der Waals surface area contributed by atoms with Crippen LogP contribution < -0.4 is 19.7 Å². The second-order valence-corrected chi connectivity index (χ2v) is 8.99. The zero-order valence-corrected chi connectivity index (χ0v) is 18.9. The first kappa shape index (κ1) is 21.3. The van der Waals surface area contributed by atoms with Crippen LogP contribution in [-0.4, -0.2) is 26.3 Å². The predicted octanol–water partition coefficient (Wildman–Crippen LogP) is 6.12. The van der Waals surface area contributed by atoms with Crippen LogP contribution in [0.5, 0.6) is 11.5 Å². The lowest BCUT2D eigenvalue weighted by molar-refractivity contribution is -0.00666. The van der Waals surface area contributed by atoms with Gasteiger partial charge in [0.1, 0.15) is 11.5 Å². The van der Waals surface area contributed by atoms with Gasteiger partial charge in [0.05, 0.1) is 13.7 Å². The third kappa shape index (κ3) is 4.27. The number of benzene rings is 2. The zero-order valence-electron chi connectivity index (χ0n) is 18.9. The summed E-state index contributed by atoms with van der Waals surface area (Å²) >= 11 is 0. The van der Waals surface area contributed by atoms with Gasteiger partial charge >= 0.3 is 6.03 Å². The number of carbonyl (C=O) groups excluding carboxylic acids is 1. The summed E-state index contributed by atoms with van der Waals surface area (Å²) in [4.78, 5) is 15.2. The van der Waals surface area contributed by atoms with Crippen LogP contribution in [0.4, 0.5) is 16.2 Å². The second-order valence-electron chi connectivity index (χ2n) is 8.99. The number of hydrogen-bond acceptors (Lipinski definition) is 3. The van der Waals surface area contributed by atoms with Gasteiger partial charge in [-0.05, 0) is 85.5 Å². The third-order valence-corrected chi connectivity index (χ3v) is 6.97. The molecule has 0 aliphatic heterocycles. The molecule has 0 saturated heterocycles. The van der Waals surface area contributed by atoms with Crippen molar-refractivity contribution in [2.75, 3.05) is 30.5 Å². The molecule has 0 radical (unpaired) electrons. The summed E-state index contributed by atoms with van der Waals surface area (Å²) in [6.45, 7) is 7.89. The number of anilines is 2. The summed E-state index contributed by atoms with van der Waals surface area (Å²) in [7, 11) is 1.63. The van der Waals surface area contributed by atoms with Crippen LogP contribution in [0.3, 0.4) is 0 Å². The molecule has 5 rings (SSSR count). The van der Waals surface area contributed by atoms with Gasteiger partial charge in [0, 0.05) is 17.9 Å². The molecular weight excluding hydrogens is 388 g/mol. The Bertz CT molecular complexity index is 948. The van der Waals surface area contributed by atoms with Crippen molar-refractivity contribution in [3.05, 3.63) is 60.2 Å². The Kier molecular flexibility index (Phi) is 5.94. The number of carbonyl (C=O) groups is 1. The normalized spacial score (nSPS) is 20.8. The van der Waals surface area contributed by atoms with E-state index in [2.05, 4.69) is 25.2 Å². The largest absolute Gasteiger partial charge is 0.497 e. The van der Waals surface area contributed by atoms with E-state index in [0.717, 1.165) is 35.2 Å². The first-order valence-electron chi connectivity index (χ1n) is 11.1. The molecule has 0 aromatic heterocycles. The SMILES string of the molecule is CCOc1ccc(N(CC2=CC[C@H]3C[C@@H]2C3(C)C)C(=O)Nc2ccc(OC)cc2)cc1. The minimum atomic E-state index is -0.144. The molecule has 0 spiro atoms. The van der Waals surface area contributed by atoms with E-state index in [-0.39, 0.29) is 6.03 Å². The fourth-order valence-electron chi connectivity index (χ4n) is 4.87. The number of amides is 2. The van der Waals surface area contributed by atoms with Crippen molar-refractivity contribution >= 4 is 17.4 Å². The van der Waals surface area contributed by atoms with Gasteiger partial charge in [-0.3, -0.25) is 4.90 Å². The molecule has 5 nitrogen and oxygen atoms in total. The summed E-state index contributed by atoms with van der Waals surface area (Å²) in [5, 5.41) is 3.04. The van der Waals surface area contributed by atoms with E-state index in [0.29, 0.717) is 24.5 Å². The molecule has 31 heavy (non-hydrogen) atoms. The fraction of sp³-hybridized carbons (Fsp3) is 0.423. The van der Waals surface area contributed by atoms with Gasteiger partial charge in [-0.25, -0.2) is 4.79 Å². The predicted molar refractivity (Wildman–Crippen MR) is 125 cm³/mol. The average molecular weight is 421 g/mol. The molecule has 2 amide bonds. The molecule has 3 aliphatic carbocycles. The number of ether oxygens (including phenoxy) is 2. The molecule has 1 saturated carbocycles. The lowest BCUT2D eigenvalue weighted by Crippen LogP contribution is -2.50. The number of nitrogens with zero attached hydrogens (tertiary/aromatic N) is 1. The molecule has 2 aromatic carbocycles. The highest BCUT2D eigenvalue weighted by molar-refractivity contribution is 6.02. The molecule has 2 aromatic rings. The minimum absolute atomic E-state index is 0.144. The van der Waals surface area contributed by atoms with Crippen molar-refractivity contribution in [2.45, 2.75) is 33.6 Å². The van der Waals surface area contributed by atoms with E-state index < -0.39 is 0 Å². The topological polar surface area (TPSA) is 50.8 Å². The van der Waals surface area contributed by atoms with E-state index in [1.165, 1.54) is 12.0 Å². The Labute approximate surface area is 185 Å². The number of nitrogens with one attached hydrogen (secondary N) is 1. The number of methoxy groups -OCH3 is 1. The van der Waals surface area contributed by atoms with Crippen molar-refractivity contribution in [3.8, 4) is 11.5 Å². The number of allylic oxidation sites excluding steroid dienone is 1. The second kappa shape index (κ2) is 8.66. The van der Waals surface area contributed by atoms with Crippen LogP contribution in [0.1, 0.15) is 33.6 Å². The van der Waals surface area contributed by atoms with E-state index >= 15 is 0 Å². The summed E-state index contributed by atoms with van der Waals surface area (Å²) in [6, 6.07) is 15.0. The molecular formula is C26H32N2O3. The molecule has 3 aliphatic rings. The quantitative estimate of drug-likeness (QED) is 0.549. The van der Waals surface area contributed by atoms with Crippen LogP contribution in [0.25, 0.3) is 0 Å². The highest BCUT2D eigenvalue weighted by Crippen LogP contribution is 2.59. The lowest BCUT2D eigenvalue weighted by Gasteiger charge is -2.57. The van der Waals surface area contributed by atoms with E-state index in [4.69, 9.17) is 9.47 Å². The Morgan fingerprint density at radius 3 is 2.35 bits per heavy atom. The van der Waals surface area contributed by atoms with Gasteiger partial charge in [0.2, 0.25) is 0 Å². The van der Waals surface area contributed by atoms with Crippen molar-refractivity contribution in [1.82, 2.24) is 0 Å². The van der Waals surface area contributed by atoms with E-state index in [9.17, 15) is 4.79 Å². The highest BCUT2D eigenvalue weighted by atomic mass is 16.5. The van der Waals surface area contributed by atoms with Gasteiger partial charge in [0.15, 0.2) is 0 Å². The van der Waals surface area contributed by atoms with Gasteiger partial charge in [-0.15, -0.1) is 0 Å². The summed E-state index contributed by atoms with van der Waals surface area (Å²) in [6.07, 6.45) is 4.69. The summed E-state index contributed by atoms with van der Waals surface area (Å²) in [5.74, 6) is 2.88. The Hall–Kier alpha value is -2.95. The van der Waals surface area contributed by atoms with Crippen molar-refractivity contribution in [2.24, 2.45) is 17.3 Å². The summed E-state index contributed by atoms with van der Waals surface area (Å²) < 4.78 is 10.8. The lowest BCUT2D eigenvalue weighted by atomic mass is 9.49. The fourth-order valence-corrected chi connectivity index (χ4v) is 4.87. The van der Waals surface area contributed by atoms with Crippen molar-refractivity contribution in [1.29, 1.82) is 0 Å². The van der Waals surface area contributed by atoms with E-state index in [1.54, 1.807) is 7.11 Å². The van der Waals surface area contributed by atoms with Crippen LogP contribution >= 0.6 is 0 Å². The number of hydrogen-bond donors (Lipinski definition) is 1. The van der Waals surface area contributed by atoms with Gasteiger partial charge < -0.3 is 14.8 Å². The Balaban J connectivity index is 1.57. The average Bonchev–Trinajstić information content (AvgIpc) is 2.78.